The average molecular weight is 211 g/mol. The molecule has 0 fully saturated rings. The van der Waals surface area contributed by atoms with Crippen LogP contribution in [0.5, 0.6) is 0 Å². The monoisotopic (exact) mass is 210 g/mol. The van der Waals surface area contributed by atoms with Gasteiger partial charge in [0.25, 0.3) is 0 Å². The molecule has 6 heteroatoms. The maximum absolute atomic E-state index is 8.73. The summed E-state index contributed by atoms with van der Waals surface area (Å²) >= 11 is 9.92. The largest absolute Gasteiger partial charge is 0.221 e. The lowest BCUT2D eigenvalue weighted by Gasteiger charge is -2.00. The molecule has 0 aliphatic rings. The topological polar surface area (TPSA) is 54.0 Å². The molecule has 2 aromatic heterocycles. The molecule has 13 heavy (non-hydrogen) atoms. The zero-order valence-electron chi connectivity index (χ0n) is 6.27. The second kappa shape index (κ2) is 2.91. The van der Waals surface area contributed by atoms with Crippen molar-refractivity contribution in [1.82, 2.24) is 14.6 Å². The zero-order valence-corrected chi connectivity index (χ0v) is 7.92. The molecule has 0 spiro atoms. The summed E-state index contributed by atoms with van der Waals surface area (Å²) in [6.07, 6.45) is 1.56. The number of nitrogens with zero attached hydrogens (tertiary/aromatic N) is 4. The van der Waals surface area contributed by atoms with E-state index in [9.17, 15) is 0 Å². The molecule has 64 valence electrons. The molecule has 0 amide bonds. The quantitative estimate of drug-likeness (QED) is 0.530. The van der Waals surface area contributed by atoms with Gasteiger partial charge in [-0.3, -0.25) is 0 Å². The molecule has 0 aromatic carbocycles. The summed E-state index contributed by atoms with van der Waals surface area (Å²) in [6, 6.07) is 3.60. The van der Waals surface area contributed by atoms with Gasteiger partial charge in [-0.05, 0) is 0 Å². The van der Waals surface area contributed by atoms with E-state index < -0.39 is 0 Å². The molecule has 4 nitrogen and oxygen atoms in total. The summed E-state index contributed by atoms with van der Waals surface area (Å²) in [7, 11) is 0. The van der Waals surface area contributed by atoms with E-state index in [-0.39, 0.29) is 10.7 Å². The molecule has 0 N–H and O–H groups in total. The van der Waals surface area contributed by atoms with Gasteiger partial charge >= 0.3 is 0 Å². The molecule has 0 aliphatic carbocycles. The Balaban J connectivity index is 2.95. The number of hydrogen-bond acceptors (Lipinski definition) is 4. The Morgan fingerprint density at radius 1 is 1.62 bits per heavy atom. The molecule has 2 rings (SSSR count). The van der Waals surface area contributed by atoms with Crippen LogP contribution in [0.25, 0.3) is 5.65 Å². The van der Waals surface area contributed by atoms with Crippen LogP contribution in [0.1, 0.15) is 5.56 Å². The van der Waals surface area contributed by atoms with Crippen molar-refractivity contribution in [2.75, 3.05) is 0 Å². The summed E-state index contributed by atoms with van der Waals surface area (Å²) in [5, 5.41) is 13.2. The lowest BCUT2D eigenvalue weighted by Crippen LogP contribution is -1.97. The van der Waals surface area contributed by atoms with E-state index in [0.717, 1.165) is 0 Å². The van der Waals surface area contributed by atoms with Crippen molar-refractivity contribution in [3.63, 3.8) is 0 Å². The Bertz CT molecular complexity index is 513. The number of hydrogen-bond donors (Lipinski definition) is 1. The fourth-order valence-electron chi connectivity index (χ4n) is 0.991. The number of nitriles is 1. The second-order valence-corrected chi connectivity index (χ2v) is 3.10. The Kier molecular flexibility index (Phi) is 1.87. The van der Waals surface area contributed by atoms with Crippen LogP contribution in [-0.4, -0.2) is 14.6 Å². The summed E-state index contributed by atoms with van der Waals surface area (Å²) in [4.78, 5) is 4.02. The van der Waals surface area contributed by atoms with E-state index in [1.54, 1.807) is 12.3 Å². The molecule has 2 aromatic rings. The van der Waals surface area contributed by atoms with Gasteiger partial charge in [0.05, 0.1) is 6.20 Å². The van der Waals surface area contributed by atoms with E-state index >= 15 is 0 Å². The van der Waals surface area contributed by atoms with Crippen LogP contribution < -0.4 is 0 Å². The van der Waals surface area contributed by atoms with Gasteiger partial charge in [-0.25, -0.2) is 9.50 Å². The minimum atomic E-state index is 0.237. The molecular formula is C7H3ClN4S. The van der Waals surface area contributed by atoms with Crippen molar-refractivity contribution in [1.29, 1.82) is 5.26 Å². The molecule has 0 bridgehead atoms. The van der Waals surface area contributed by atoms with Crippen molar-refractivity contribution < 1.29 is 0 Å². The second-order valence-electron chi connectivity index (χ2n) is 2.31. The minimum absolute atomic E-state index is 0.237. The first-order chi connectivity index (χ1) is 6.24. The standard InChI is InChI=1S/C7H3ClN4S/c8-6-4(3-9)7(13)11-5-1-2-10-12(5)6/h1-2H,(H,11,13). The van der Waals surface area contributed by atoms with Gasteiger partial charge in [0.15, 0.2) is 10.8 Å². The molecule has 0 aliphatic heterocycles. The van der Waals surface area contributed by atoms with Crippen molar-refractivity contribution in [2.45, 2.75) is 5.03 Å². The molecule has 0 atom stereocenters. The summed E-state index contributed by atoms with van der Waals surface area (Å²) in [6.45, 7) is 0. The van der Waals surface area contributed by atoms with E-state index in [1.165, 1.54) is 4.52 Å². The number of fused-ring (bicyclic) bond motifs is 1. The normalized spacial score (nSPS) is 10.2. The third kappa shape index (κ3) is 1.15. The lowest BCUT2D eigenvalue weighted by molar-refractivity contribution is 0.909. The highest BCUT2D eigenvalue weighted by atomic mass is 35.5. The highest BCUT2D eigenvalue weighted by Gasteiger charge is 2.10. The van der Waals surface area contributed by atoms with E-state index in [1.807, 2.05) is 6.07 Å². The fourth-order valence-corrected chi connectivity index (χ4v) is 1.58. The van der Waals surface area contributed by atoms with Crippen LogP contribution >= 0.6 is 24.2 Å². The van der Waals surface area contributed by atoms with Gasteiger partial charge in [-0.15, -0.1) is 12.6 Å². The van der Waals surface area contributed by atoms with Crippen LogP contribution in [0.3, 0.4) is 0 Å². The number of halogens is 1. The molecule has 0 radical (unpaired) electrons. The molecule has 0 unspecified atom stereocenters. The smallest absolute Gasteiger partial charge is 0.158 e. The Hall–Kier alpha value is -1.25. The van der Waals surface area contributed by atoms with Crippen molar-refractivity contribution in [2.24, 2.45) is 0 Å². The Labute approximate surface area is 84.2 Å². The first-order valence-electron chi connectivity index (χ1n) is 3.36. The highest BCUT2D eigenvalue weighted by molar-refractivity contribution is 7.80. The number of thiol groups is 1. The van der Waals surface area contributed by atoms with Crippen molar-refractivity contribution >= 4 is 29.9 Å². The minimum Gasteiger partial charge on any atom is -0.221 e. The maximum atomic E-state index is 8.73. The third-order valence-electron chi connectivity index (χ3n) is 1.57. The summed E-state index contributed by atoms with van der Waals surface area (Å²) < 4.78 is 1.39. The SMILES string of the molecule is N#Cc1c(S)nc2ccnn2c1Cl. The predicted octanol–water partition coefficient (Wildman–Crippen LogP) is 1.54. The van der Waals surface area contributed by atoms with E-state index in [0.29, 0.717) is 10.7 Å². The lowest BCUT2D eigenvalue weighted by atomic mass is 10.4. The molecular weight excluding hydrogens is 208 g/mol. The average Bonchev–Trinajstić information content (AvgIpc) is 2.53. The molecule has 0 saturated heterocycles. The molecule has 0 saturated carbocycles. The molecule has 2 heterocycles. The van der Waals surface area contributed by atoms with Gasteiger partial charge in [0.2, 0.25) is 0 Å². The maximum Gasteiger partial charge on any atom is 0.158 e. The van der Waals surface area contributed by atoms with Crippen LogP contribution in [0.15, 0.2) is 17.3 Å². The Morgan fingerprint density at radius 2 is 2.38 bits per heavy atom. The van der Waals surface area contributed by atoms with Gasteiger partial charge in [0.1, 0.15) is 16.7 Å². The first-order valence-corrected chi connectivity index (χ1v) is 4.19. The summed E-state index contributed by atoms with van der Waals surface area (Å²) in [5.41, 5.74) is 0.815. The van der Waals surface area contributed by atoms with Crippen LogP contribution in [0.2, 0.25) is 5.15 Å². The van der Waals surface area contributed by atoms with Crippen LogP contribution in [0.4, 0.5) is 0 Å². The van der Waals surface area contributed by atoms with Gasteiger partial charge < -0.3 is 0 Å². The Morgan fingerprint density at radius 3 is 3.08 bits per heavy atom. The van der Waals surface area contributed by atoms with Crippen LogP contribution in [0, 0.1) is 11.3 Å². The number of aromatic nitrogens is 3. The first kappa shape index (κ1) is 8.35. The predicted molar refractivity (Wildman–Crippen MR) is 50.0 cm³/mol. The summed E-state index contributed by atoms with van der Waals surface area (Å²) in [5.74, 6) is 0. The van der Waals surface area contributed by atoms with E-state index in [2.05, 4.69) is 22.7 Å². The third-order valence-corrected chi connectivity index (χ3v) is 2.24. The van der Waals surface area contributed by atoms with Crippen LogP contribution in [-0.2, 0) is 0 Å². The fraction of sp³-hybridized carbons (Fsp3) is 0. The van der Waals surface area contributed by atoms with Gasteiger partial charge in [-0.2, -0.15) is 10.4 Å². The van der Waals surface area contributed by atoms with Crippen molar-refractivity contribution in [3.8, 4) is 6.07 Å². The zero-order chi connectivity index (χ0) is 9.42. The highest BCUT2D eigenvalue weighted by Crippen LogP contribution is 2.21. The van der Waals surface area contributed by atoms with Crippen molar-refractivity contribution in [3.05, 3.63) is 23.0 Å². The van der Waals surface area contributed by atoms with E-state index in [4.69, 9.17) is 16.9 Å². The van der Waals surface area contributed by atoms with Gasteiger partial charge in [-0.1, -0.05) is 11.6 Å². The number of rotatable bonds is 0. The van der Waals surface area contributed by atoms with Gasteiger partial charge in [0, 0.05) is 6.07 Å².